The first-order chi connectivity index (χ1) is 10.9. The summed E-state index contributed by atoms with van der Waals surface area (Å²) in [7, 11) is -1.97. The Hall–Kier alpha value is -1.68. The Kier molecular flexibility index (Phi) is 7.61. The third-order valence-electron chi connectivity index (χ3n) is 3.02. The van der Waals surface area contributed by atoms with Crippen molar-refractivity contribution in [3.05, 3.63) is 35.8 Å². The van der Waals surface area contributed by atoms with E-state index >= 15 is 0 Å². The fourth-order valence-electron chi connectivity index (χ4n) is 1.85. The molecule has 2 rings (SSSR count). The van der Waals surface area contributed by atoms with Gasteiger partial charge in [0.15, 0.2) is 5.13 Å². The van der Waals surface area contributed by atoms with Gasteiger partial charge in [-0.2, -0.15) is 0 Å². The van der Waals surface area contributed by atoms with Crippen LogP contribution in [-0.4, -0.2) is 32.9 Å². The molecule has 24 heavy (non-hydrogen) atoms. The van der Waals surface area contributed by atoms with E-state index in [1.807, 2.05) is 0 Å². The molecule has 0 bridgehead atoms. The second-order valence-corrected chi connectivity index (χ2v) is 7.50. The molecule has 0 spiro atoms. The lowest BCUT2D eigenvalue weighted by atomic mass is 10.1. The number of anilines is 2. The predicted octanol–water partition coefficient (Wildman–Crippen LogP) is 2.16. The zero-order chi connectivity index (χ0) is 16.9. The molecular formula is C14H19ClN4O3S2. The molecule has 1 aromatic heterocycles. The Labute approximate surface area is 151 Å². The van der Waals surface area contributed by atoms with Crippen molar-refractivity contribution >= 4 is 50.5 Å². The molecule has 1 unspecified atom stereocenters. The number of halogens is 1. The first-order valence-electron chi connectivity index (χ1n) is 6.90. The molecule has 0 saturated heterocycles. The van der Waals surface area contributed by atoms with Crippen LogP contribution in [0.5, 0.6) is 0 Å². The first kappa shape index (κ1) is 20.4. The summed E-state index contributed by atoms with van der Waals surface area (Å²) in [6, 6.07) is 6.10. The normalized spacial score (nSPS) is 12.1. The summed E-state index contributed by atoms with van der Waals surface area (Å²) in [5.41, 5.74) is 0.431. The SMILES string of the molecule is CNCC(C)C(=O)Nc1cccc(S(=O)(=O)Nc2nccs2)c1.Cl. The molecular weight excluding hydrogens is 372 g/mol. The van der Waals surface area contributed by atoms with Crippen LogP contribution in [-0.2, 0) is 14.8 Å². The Bertz CT molecular complexity index is 766. The Morgan fingerprint density at radius 3 is 2.75 bits per heavy atom. The standard InChI is InChI=1S/C14H18N4O3S2.ClH/c1-10(9-15-2)13(19)17-11-4-3-5-12(8-11)23(20,21)18-14-16-6-7-22-14;/h3-8,10,15H,9H2,1-2H3,(H,16,18)(H,17,19);1H. The van der Waals surface area contributed by atoms with E-state index in [1.54, 1.807) is 31.5 Å². The molecule has 0 radical (unpaired) electrons. The zero-order valence-corrected chi connectivity index (χ0v) is 15.6. The van der Waals surface area contributed by atoms with Gasteiger partial charge in [-0.05, 0) is 25.2 Å². The highest BCUT2D eigenvalue weighted by Gasteiger charge is 2.17. The number of carbonyl (C=O) groups is 1. The van der Waals surface area contributed by atoms with Crippen molar-refractivity contribution in [3.8, 4) is 0 Å². The van der Waals surface area contributed by atoms with Crippen LogP contribution >= 0.6 is 23.7 Å². The van der Waals surface area contributed by atoms with Gasteiger partial charge in [-0.25, -0.2) is 13.4 Å². The van der Waals surface area contributed by atoms with E-state index in [0.717, 1.165) is 0 Å². The number of nitrogens with one attached hydrogen (secondary N) is 3. The molecule has 0 saturated carbocycles. The zero-order valence-electron chi connectivity index (χ0n) is 13.1. The van der Waals surface area contributed by atoms with E-state index in [0.29, 0.717) is 17.4 Å². The van der Waals surface area contributed by atoms with E-state index in [-0.39, 0.29) is 29.1 Å². The van der Waals surface area contributed by atoms with Gasteiger partial charge in [-0.15, -0.1) is 23.7 Å². The number of benzene rings is 1. The third-order valence-corrected chi connectivity index (χ3v) is 5.18. The number of hydrogen-bond donors (Lipinski definition) is 3. The minimum absolute atomic E-state index is 0. The molecule has 3 N–H and O–H groups in total. The summed E-state index contributed by atoms with van der Waals surface area (Å²) in [6.45, 7) is 2.33. The highest BCUT2D eigenvalue weighted by atomic mass is 35.5. The van der Waals surface area contributed by atoms with E-state index in [9.17, 15) is 13.2 Å². The smallest absolute Gasteiger partial charge is 0.263 e. The average Bonchev–Trinajstić information content (AvgIpc) is 3.00. The quantitative estimate of drug-likeness (QED) is 0.672. The lowest BCUT2D eigenvalue weighted by Crippen LogP contribution is -2.28. The van der Waals surface area contributed by atoms with Gasteiger partial charge in [0.2, 0.25) is 5.91 Å². The van der Waals surface area contributed by atoms with Gasteiger partial charge >= 0.3 is 0 Å². The fourth-order valence-corrected chi connectivity index (χ4v) is 3.69. The largest absolute Gasteiger partial charge is 0.326 e. The summed E-state index contributed by atoms with van der Waals surface area (Å²) in [5, 5.41) is 7.61. The second kappa shape index (κ2) is 8.97. The summed E-state index contributed by atoms with van der Waals surface area (Å²) in [6.07, 6.45) is 1.52. The highest BCUT2D eigenvalue weighted by Crippen LogP contribution is 2.20. The summed E-state index contributed by atoms with van der Waals surface area (Å²) >= 11 is 1.19. The Morgan fingerprint density at radius 2 is 2.12 bits per heavy atom. The van der Waals surface area contributed by atoms with Crippen LogP contribution < -0.4 is 15.4 Å². The van der Waals surface area contributed by atoms with Crippen LogP contribution in [0.3, 0.4) is 0 Å². The van der Waals surface area contributed by atoms with Crippen LogP contribution in [0.1, 0.15) is 6.92 Å². The van der Waals surface area contributed by atoms with Crippen molar-refractivity contribution in [2.45, 2.75) is 11.8 Å². The monoisotopic (exact) mass is 390 g/mol. The predicted molar refractivity (Wildman–Crippen MR) is 98.3 cm³/mol. The number of nitrogens with zero attached hydrogens (tertiary/aromatic N) is 1. The molecule has 7 nitrogen and oxygen atoms in total. The lowest BCUT2D eigenvalue weighted by Gasteiger charge is -2.12. The summed E-state index contributed by atoms with van der Waals surface area (Å²) < 4.78 is 27.0. The van der Waals surface area contributed by atoms with Crippen LogP contribution in [0.15, 0.2) is 40.7 Å². The van der Waals surface area contributed by atoms with E-state index in [1.165, 1.54) is 29.7 Å². The van der Waals surface area contributed by atoms with Crippen LogP contribution in [0.2, 0.25) is 0 Å². The Balaban J connectivity index is 0.00000288. The molecule has 1 amide bonds. The van der Waals surface area contributed by atoms with Gasteiger partial charge in [-0.3, -0.25) is 9.52 Å². The number of aromatic nitrogens is 1. The molecule has 0 aliphatic heterocycles. The molecule has 1 aromatic carbocycles. The minimum atomic E-state index is -3.74. The molecule has 1 heterocycles. The van der Waals surface area contributed by atoms with Crippen LogP contribution in [0.25, 0.3) is 0 Å². The van der Waals surface area contributed by atoms with Crippen molar-refractivity contribution in [3.63, 3.8) is 0 Å². The van der Waals surface area contributed by atoms with Crippen molar-refractivity contribution in [2.75, 3.05) is 23.6 Å². The molecule has 132 valence electrons. The number of amides is 1. The van der Waals surface area contributed by atoms with Crippen LogP contribution in [0.4, 0.5) is 10.8 Å². The molecule has 1 atom stereocenters. The topological polar surface area (TPSA) is 100 Å². The fraction of sp³-hybridized carbons (Fsp3) is 0.286. The van der Waals surface area contributed by atoms with E-state index in [4.69, 9.17) is 0 Å². The summed E-state index contributed by atoms with van der Waals surface area (Å²) in [5.74, 6) is -0.407. The van der Waals surface area contributed by atoms with Gasteiger partial charge in [-0.1, -0.05) is 13.0 Å². The molecule has 0 aliphatic rings. The minimum Gasteiger partial charge on any atom is -0.326 e. The van der Waals surface area contributed by atoms with Gasteiger partial charge in [0.25, 0.3) is 10.0 Å². The average molecular weight is 391 g/mol. The highest BCUT2D eigenvalue weighted by molar-refractivity contribution is 7.93. The van der Waals surface area contributed by atoms with Crippen molar-refractivity contribution in [1.29, 1.82) is 0 Å². The molecule has 10 heteroatoms. The van der Waals surface area contributed by atoms with Crippen LogP contribution in [0, 0.1) is 5.92 Å². The van der Waals surface area contributed by atoms with Gasteiger partial charge in [0.1, 0.15) is 0 Å². The molecule has 0 aliphatic carbocycles. The number of thiazole rings is 1. The Morgan fingerprint density at radius 1 is 1.38 bits per heavy atom. The van der Waals surface area contributed by atoms with Gasteiger partial charge in [0.05, 0.1) is 4.90 Å². The second-order valence-electron chi connectivity index (χ2n) is 4.92. The first-order valence-corrected chi connectivity index (χ1v) is 9.26. The number of carbonyl (C=O) groups excluding carboxylic acids is 1. The number of rotatable bonds is 7. The number of hydrogen-bond acceptors (Lipinski definition) is 6. The molecule has 0 fully saturated rings. The van der Waals surface area contributed by atoms with E-state index < -0.39 is 10.0 Å². The maximum Gasteiger partial charge on any atom is 0.263 e. The summed E-state index contributed by atoms with van der Waals surface area (Å²) in [4.78, 5) is 15.9. The van der Waals surface area contributed by atoms with Crippen molar-refractivity contribution in [2.24, 2.45) is 5.92 Å². The van der Waals surface area contributed by atoms with Gasteiger partial charge < -0.3 is 10.6 Å². The maximum atomic E-state index is 12.3. The van der Waals surface area contributed by atoms with Crippen molar-refractivity contribution < 1.29 is 13.2 Å². The van der Waals surface area contributed by atoms with E-state index in [2.05, 4.69) is 20.3 Å². The molecule has 2 aromatic rings. The lowest BCUT2D eigenvalue weighted by molar-refractivity contribution is -0.119. The van der Waals surface area contributed by atoms with Crippen molar-refractivity contribution in [1.82, 2.24) is 10.3 Å². The number of sulfonamides is 1. The van der Waals surface area contributed by atoms with Gasteiger partial charge in [0, 0.05) is 29.7 Å². The third kappa shape index (κ3) is 5.45. The maximum absolute atomic E-state index is 12.3.